The van der Waals surface area contributed by atoms with Gasteiger partial charge >= 0.3 is 0 Å². The monoisotopic (exact) mass is 324 g/mol. The van der Waals surface area contributed by atoms with Gasteiger partial charge in [-0.15, -0.1) is 0 Å². The molecule has 3 rings (SSSR count). The van der Waals surface area contributed by atoms with Gasteiger partial charge in [0, 0.05) is 5.56 Å². The number of rotatable bonds is 1. The predicted molar refractivity (Wildman–Crippen MR) is 71.8 cm³/mol. The lowest BCUT2D eigenvalue weighted by atomic mass is 9.87. The molecule has 0 amide bonds. The van der Waals surface area contributed by atoms with Crippen LogP contribution in [0.4, 0.5) is 8.78 Å². The summed E-state index contributed by atoms with van der Waals surface area (Å²) in [4.78, 5) is 0. The highest BCUT2D eigenvalue weighted by molar-refractivity contribution is 9.10. The van der Waals surface area contributed by atoms with E-state index < -0.39 is 11.4 Å². The molecule has 1 nitrogen and oxygen atoms in total. The molecular weight excluding hydrogens is 314 g/mol. The van der Waals surface area contributed by atoms with Crippen molar-refractivity contribution in [1.82, 2.24) is 0 Å². The van der Waals surface area contributed by atoms with Gasteiger partial charge in [-0.3, -0.25) is 0 Å². The highest BCUT2D eigenvalue weighted by Gasteiger charge is 2.41. The SMILES string of the molecule is OC1(c2cccc(Br)c2F)CCc2c(F)cccc21. The first-order valence-corrected chi connectivity index (χ1v) is 6.78. The lowest BCUT2D eigenvalue weighted by Crippen LogP contribution is -2.25. The Morgan fingerprint density at radius 3 is 2.53 bits per heavy atom. The summed E-state index contributed by atoms with van der Waals surface area (Å²) >= 11 is 3.11. The van der Waals surface area contributed by atoms with Crippen molar-refractivity contribution in [2.45, 2.75) is 18.4 Å². The first-order chi connectivity index (χ1) is 9.04. The molecule has 0 saturated heterocycles. The van der Waals surface area contributed by atoms with Crippen molar-refractivity contribution >= 4 is 15.9 Å². The van der Waals surface area contributed by atoms with Gasteiger partial charge in [0.15, 0.2) is 0 Å². The Balaban J connectivity index is 2.22. The van der Waals surface area contributed by atoms with Crippen LogP contribution in [0.3, 0.4) is 0 Å². The molecule has 0 aliphatic heterocycles. The number of benzene rings is 2. The van der Waals surface area contributed by atoms with E-state index in [1.54, 1.807) is 30.3 Å². The molecule has 0 saturated carbocycles. The molecule has 4 heteroatoms. The molecule has 2 aromatic carbocycles. The van der Waals surface area contributed by atoms with E-state index in [9.17, 15) is 13.9 Å². The smallest absolute Gasteiger partial charge is 0.143 e. The lowest BCUT2D eigenvalue weighted by Gasteiger charge is -2.25. The number of halogens is 3. The van der Waals surface area contributed by atoms with Gasteiger partial charge in [-0.05, 0) is 52.0 Å². The summed E-state index contributed by atoms with van der Waals surface area (Å²) in [7, 11) is 0. The van der Waals surface area contributed by atoms with Crippen molar-refractivity contribution in [2.75, 3.05) is 0 Å². The summed E-state index contributed by atoms with van der Waals surface area (Å²) in [6.45, 7) is 0. The first-order valence-electron chi connectivity index (χ1n) is 5.99. The Morgan fingerprint density at radius 1 is 1.05 bits per heavy atom. The average molecular weight is 325 g/mol. The van der Waals surface area contributed by atoms with Gasteiger partial charge in [0.2, 0.25) is 0 Å². The van der Waals surface area contributed by atoms with E-state index in [-0.39, 0.29) is 17.8 Å². The second-order valence-corrected chi connectivity index (χ2v) is 5.58. The molecule has 0 radical (unpaired) electrons. The van der Waals surface area contributed by atoms with E-state index in [2.05, 4.69) is 15.9 Å². The van der Waals surface area contributed by atoms with E-state index in [4.69, 9.17) is 0 Å². The van der Waals surface area contributed by atoms with Crippen LogP contribution in [0.15, 0.2) is 40.9 Å². The third kappa shape index (κ3) is 1.82. The maximum atomic E-state index is 14.2. The van der Waals surface area contributed by atoms with Crippen molar-refractivity contribution in [3.05, 3.63) is 69.2 Å². The highest BCUT2D eigenvalue weighted by Crippen LogP contribution is 2.44. The normalized spacial score (nSPS) is 21.5. The molecule has 1 aliphatic rings. The van der Waals surface area contributed by atoms with E-state index in [0.29, 0.717) is 22.0 Å². The number of fused-ring (bicyclic) bond motifs is 1. The summed E-state index contributed by atoms with van der Waals surface area (Å²) < 4.78 is 28.2. The molecule has 0 aromatic heterocycles. The molecule has 1 unspecified atom stereocenters. The average Bonchev–Trinajstić information content (AvgIpc) is 2.73. The Kier molecular flexibility index (Phi) is 2.95. The van der Waals surface area contributed by atoms with Crippen LogP contribution in [0.2, 0.25) is 0 Å². The molecule has 0 heterocycles. The fourth-order valence-corrected chi connectivity index (χ4v) is 3.11. The largest absolute Gasteiger partial charge is 0.380 e. The summed E-state index contributed by atoms with van der Waals surface area (Å²) in [5, 5.41) is 10.8. The summed E-state index contributed by atoms with van der Waals surface area (Å²) in [6.07, 6.45) is 0.696. The first kappa shape index (κ1) is 12.8. The van der Waals surface area contributed by atoms with Crippen LogP contribution in [0.25, 0.3) is 0 Å². The van der Waals surface area contributed by atoms with Crippen molar-refractivity contribution < 1.29 is 13.9 Å². The maximum Gasteiger partial charge on any atom is 0.143 e. The summed E-state index contributed by atoms with van der Waals surface area (Å²) in [5.74, 6) is -0.842. The van der Waals surface area contributed by atoms with Gasteiger partial charge in [0.1, 0.15) is 17.2 Å². The van der Waals surface area contributed by atoms with Gasteiger partial charge in [0.25, 0.3) is 0 Å². The molecule has 1 atom stereocenters. The van der Waals surface area contributed by atoms with Crippen LogP contribution in [0.5, 0.6) is 0 Å². The molecule has 0 bridgehead atoms. The molecule has 0 spiro atoms. The minimum absolute atomic E-state index is 0.186. The van der Waals surface area contributed by atoms with Crippen LogP contribution in [-0.4, -0.2) is 5.11 Å². The quantitative estimate of drug-likeness (QED) is 0.843. The molecule has 19 heavy (non-hydrogen) atoms. The van der Waals surface area contributed by atoms with Crippen molar-refractivity contribution in [2.24, 2.45) is 0 Å². The zero-order valence-electron chi connectivity index (χ0n) is 9.96. The van der Waals surface area contributed by atoms with Gasteiger partial charge in [0.05, 0.1) is 4.47 Å². The predicted octanol–water partition coefficient (Wildman–Crippen LogP) is 3.91. The van der Waals surface area contributed by atoms with E-state index in [0.717, 1.165) is 0 Å². The van der Waals surface area contributed by atoms with Crippen LogP contribution in [-0.2, 0) is 12.0 Å². The maximum absolute atomic E-state index is 14.2. The standard InChI is InChI=1S/C15H11BrF2O/c16-12-5-1-4-11(14(12)18)15(19)8-7-9-10(15)3-2-6-13(9)17/h1-6,19H,7-8H2. The third-order valence-electron chi connectivity index (χ3n) is 3.70. The Bertz CT molecular complexity index is 657. The molecule has 1 aliphatic carbocycles. The highest BCUT2D eigenvalue weighted by atomic mass is 79.9. The van der Waals surface area contributed by atoms with E-state index >= 15 is 0 Å². The minimum atomic E-state index is -1.45. The molecule has 1 N–H and O–H groups in total. The zero-order valence-corrected chi connectivity index (χ0v) is 11.5. The van der Waals surface area contributed by atoms with Gasteiger partial charge in [-0.25, -0.2) is 8.78 Å². The lowest BCUT2D eigenvalue weighted by molar-refractivity contribution is 0.0787. The Morgan fingerprint density at radius 2 is 1.74 bits per heavy atom. The topological polar surface area (TPSA) is 20.2 Å². The summed E-state index contributed by atoms with van der Waals surface area (Å²) in [6, 6.07) is 9.34. The van der Waals surface area contributed by atoms with Crippen LogP contribution < -0.4 is 0 Å². The Labute approximate surface area is 118 Å². The van der Waals surface area contributed by atoms with Crippen LogP contribution >= 0.6 is 15.9 Å². The second-order valence-electron chi connectivity index (χ2n) is 4.73. The number of hydrogen-bond donors (Lipinski definition) is 1. The van der Waals surface area contributed by atoms with Crippen molar-refractivity contribution in [3.63, 3.8) is 0 Å². The van der Waals surface area contributed by atoms with Gasteiger partial charge in [-0.2, -0.15) is 0 Å². The van der Waals surface area contributed by atoms with Gasteiger partial charge in [-0.1, -0.05) is 24.3 Å². The third-order valence-corrected chi connectivity index (χ3v) is 4.31. The molecule has 98 valence electrons. The van der Waals surface area contributed by atoms with Gasteiger partial charge < -0.3 is 5.11 Å². The van der Waals surface area contributed by atoms with Crippen LogP contribution in [0.1, 0.15) is 23.1 Å². The second kappa shape index (κ2) is 4.39. The number of aliphatic hydroxyl groups is 1. The molecule has 0 fully saturated rings. The minimum Gasteiger partial charge on any atom is -0.380 e. The Hall–Kier alpha value is -1.26. The van der Waals surface area contributed by atoms with Crippen LogP contribution in [0, 0.1) is 11.6 Å². The fraction of sp³-hybridized carbons (Fsp3) is 0.200. The number of hydrogen-bond acceptors (Lipinski definition) is 1. The fourth-order valence-electron chi connectivity index (χ4n) is 2.74. The van der Waals surface area contributed by atoms with Crippen molar-refractivity contribution in [1.29, 1.82) is 0 Å². The zero-order chi connectivity index (χ0) is 13.6. The van der Waals surface area contributed by atoms with E-state index in [1.165, 1.54) is 6.07 Å². The van der Waals surface area contributed by atoms with E-state index in [1.807, 2.05) is 0 Å². The van der Waals surface area contributed by atoms with Crippen molar-refractivity contribution in [3.8, 4) is 0 Å². The molecular formula is C15H11BrF2O. The molecule has 2 aromatic rings. The summed E-state index contributed by atoms with van der Waals surface area (Å²) in [5.41, 5.74) is -0.328.